The van der Waals surface area contributed by atoms with Crippen LogP contribution in [0.2, 0.25) is 0 Å². The summed E-state index contributed by atoms with van der Waals surface area (Å²) in [4.78, 5) is 31.0. The molecule has 0 radical (unpaired) electrons. The van der Waals surface area contributed by atoms with Crippen LogP contribution < -0.4 is 10.9 Å². The second-order valence-electron chi connectivity index (χ2n) is 8.28. The van der Waals surface area contributed by atoms with Gasteiger partial charge in [-0.1, -0.05) is 30.0 Å². The number of methoxy groups -OCH3 is 1. The summed E-state index contributed by atoms with van der Waals surface area (Å²) in [6.45, 7) is 4.73. The molecule has 0 atom stereocenters. The average molecular weight is 492 g/mol. The Morgan fingerprint density at radius 1 is 1.09 bits per heavy atom. The first kappa shape index (κ1) is 24.6. The standard InChI is InChI=1S/C27H26FN3O3S/c1-17-11-18(2)13-22(12-17)31-26(33)23-8-7-20(25(32)29-9-10-34-3)15-24(23)30-27(31)35-16-19-5-4-6-21(28)14-19/h4-8,11-15H,9-10,16H2,1-3H3,(H,29,32). The lowest BCUT2D eigenvalue weighted by atomic mass is 10.1. The van der Waals surface area contributed by atoms with Crippen molar-refractivity contribution < 1.29 is 13.9 Å². The predicted molar refractivity (Wildman–Crippen MR) is 137 cm³/mol. The Morgan fingerprint density at radius 3 is 2.57 bits per heavy atom. The van der Waals surface area contributed by atoms with Gasteiger partial charge in [0.15, 0.2) is 5.16 Å². The molecule has 0 fully saturated rings. The van der Waals surface area contributed by atoms with Crippen LogP contribution in [-0.2, 0) is 10.5 Å². The second kappa shape index (κ2) is 10.8. The van der Waals surface area contributed by atoms with E-state index in [1.54, 1.807) is 35.9 Å². The molecular formula is C27H26FN3O3S. The number of nitrogens with one attached hydrogen (secondary N) is 1. The number of rotatable bonds is 8. The highest BCUT2D eigenvalue weighted by Crippen LogP contribution is 2.26. The van der Waals surface area contributed by atoms with Crippen molar-refractivity contribution in [1.82, 2.24) is 14.9 Å². The number of hydrogen-bond acceptors (Lipinski definition) is 5. The van der Waals surface area contributed by atoms with Gasteiger partial charge in [0.2, 0.25) is 0 Å². The van der Waals surface area contributed by atoms with Gasteiger partial charge in [0, 0.05) is 25.0 Å². The van der Waals surface area contributed by atoms with Gasteiger partial charge < -0.3 is 10.1 Å². The Labute approximate surface area is 207 Å². The van der Waals surface area contributed by atoms with E-state index in [0.29, 0.717) is 46.2 Å². The van der Waals surface area contributed by atoms with Gasteiger partial charge >= 0.3 is 0 Å². The minimum Gasteiger partial charge on any atom is -0.383 e. The first-order valence-corrected chi connectivity index (χ1v) is 12.1. The average Bonchev–Trinajstić information content (AvgIpc) is 2.82. The molecule has 4 rings (SSSR count). The van der Waals surface area contributed by atoms with Crippen LogP contribution in [0.1, 0.15) is 27.0 Å². The van der Waals surface area contributed by atoms with Crippen LogP contribution in [-0.4, -0.2) is 35.7 Å². The first-order valence-electron chi connectivity index (χ1n) is 11.2. The normalized spacial score (nSPS) is 11.1. The van der Waals surface area contributed by atoms with Crippen LogP contribution in [0.4, 0.5) is 4.39 Å². The number of carbonyl (C=O) groups is 1. The highest BCUT2D eigenvalue weighted by molar-refractivity contribution is 7.98. The molecule has 0 saturated carbocycles. The largest absolute Gasteiger partial charge is 0.383 e. The summed E-state index contributed by atoms with van der Waals surface area (Å²) in [5.74, 6) is -0.152. The lowest BCUT2D eigenvalue weighted by Crippen LogP contribution is -2.27. The topological polar surface area (TPSA) is 73.2 Å². The minimum atomic E-state index is -0.314. The molecule has 0 saturated heterocycles. The maximum atomic E-state index is 13.7. The van der Waals surface area contributed by atoms with Gasteiger partial charge in [-0.15, -0.1) is 0 Å². The zero-order chi connectivity index (χ0) is 24.9. The van der Waals surface area contributed by atoms with Gasteiger partial charge in [-0.3, -0.25) is 14.2 Å². The molecule has 6 nitrogen and oxygen atoms in total. The Hall–Kier alpha value is -3.49. The van der Waals surface area contributed by atoms with E-state index in [-0.39, 0.29) is 17.3 Å². The fourth-order valence-corrected chi connectivity index (χ4v) is 4.81. The van der Waals surface area contributed by atoms with Crippen molar-refractivity contribution in [2.45, 2.75) is 24.8 Å². The van der Waals surface area contributed by atoms with Gasteiger partial charge in [0.1, 0.15) is 5.82 Å². The number of ether oxygens (including phenoxy) is 1. The molecule has 1 amide bonds. The number of aromatic nitrogens is 2. The van der Waals surface area contributed by atoms with Crippen molar-refractivity contribution in [3.63, 3.8) is 0 Å². The SMILES string of the molecule is COCCNC(=O)c1ccc2c(=O)n(-c3cc(C)cc(C)c3)c(SCc3cccc(F)c3)nc2c1. The Morgan fingerprint density at radius 2 is 1.86 bits per heavy atom. The Balaban J connectivity index is 1.81. The fourth-order valence-electron chi connectivity index (χ4n) is 3.85. The van der Waals surface area contributed by atoms with Gasteiger partial charge in [-0.2, -0.15) is 0 Å². The fraction of sp³-hybridized carbons (Fsp3) is 0.222. The van der Waals surface area contributed by atoms with E-state index in [9.17, 15) is 14.0 Å². The van der Waals surface area contributed by atoms with Crippen LogP contribution in [0.3, 0.4) is 0 Å². The van der Waals surface area contributed by atoms with E-state index >= 15 is 0 Å². The molecule has 180 valence electrons. The molecule has 0 aliphatic rings. The number of thioether (sulfide) groups is 1. The van der Waals surface area contributed by atoms with Crippen LogP contribution in [0.5, 0.6) is 0 Å². The van der Waals surface area contributed by atoms with Crippen molar-refractivity contribution in [3.05, 3.63) is 99.1 Å². The molecule has 1 N–H and O–H groups in total. The molecule has 0 spiro atoms. The summed E-state index contributed by atoms with van der Waals surface area (Å²) < 4.78 is 20.3. The number of nitrogens with zero attached hydrogens (tertiary/aromatic N) is 2. The zero-order valence-corrected chi connectivity index (χ0v) is 20.6. The third-order valence-electron chi connectivity index (χ3n) is 5.41. The smallest absolute Gasteiger partial charge is 0.266 e. The molecule has 4 aromatic rings. The van der Waals surface area contributed by atoms with E-state index < -0.39 is 0 Å². The number of hydrogen-bond donors (Lipinski definition) is 1. The van der Waals surface area contributed by atoms with Crippen LogP contribution in [0.25, 0.3) is 16.6 Å². The number of fused-ring (bicyclic) bond motifs is 1. The van der Waals surface area contributed by atoms with Crippen molar-refractivity contribution in [3.8, 4) is 5.69 Å². The van der Waals surface area contributed by atoms with E-state index in [0.717, 1.165) is 16.7 Å². The third-order valence-corrected chi connectivity index (χ3v) is 6.42. The molecule has 35 heavy (non-hydrogen) atoms. The molecule has 0 bridgehead atoms. The summed E-state index contributed by atoms with van der Waals surface area (Å²) in [5.41, 5.74) is 4.15. The molecule has 1 heterocycles. The van der Waals surface area contributed by atoms with Gasteiger partial charge in [-0.05, 0) is 73.0 Å². The van der Waals surface area contributed by atoms with Crippen LogP contribution in [0.15, 0.2) is 70.6 Å². The molecule has 0 unspecified atom stereocenters. The maximum absolute atomic E-state index is 13.7. The monoisotopic (exact) mass is 491 g/mol. The number of aryl methyl sites for hydroxylation is 2. The van der Waals surface area contributed by atoms with Crippen molar-refractivity contribution >= 4 is 28.6 Å². The van der Waals surface area contributed by atoms with E-state index in [4.69, 9.17) is 9.72 Å². The Kier molecular flexibility index (Phi) is 7.63. The summed E-state index contributed by atoms with van der Waals surface area (Å²) in [7, 11) is 1.57. The molecular weight excluding hydrogens is 465 g/mol. The lowest BCUT2D eigenvalue weighted by Gasteiger charge is -2.15. The van der Waals surface area contributed by atoms with Crippen LogP contribution in [0, 0.1) is 19.7 Å². The minimum absolute atomic E-state index is 0.229. The Bertz CT molecular complexity index is 1430. The summed E-state index contributed by atoms with van der Waals surface area (Å²) in [6, 6.07) is 17.1. The van der Waals surface area contributed by atoms with E-state index in [1.807, 2.05) is 38.1 Å². The number of halogens is 1. The molecule has 0 aliphatic carbocycles. The molecule has 0 aliphatic heterocycles. The summed E-state index contributed by atoms with van der Waals surface area (Å²) >= 11 is 1.34. The van der Waals surface area contributed by atoms with Crippen molar-refractivity contribution in [2.24, 2.45) is 0 Å². The number of benzene rings is 3. The van der Waals surface area contributed by atoms with Gasteiger partial charge in [-0.25, -0.2) is 9.37 Å². The molecule has 3 aromatic carbocycles. The van der Waals surface area contributed by atoms with E-state index in [2.05, 4.69) is 5.32 Å². The maximum Gasteiger partial charge on any atom is 0.266 e. The van der Waals surface area contributed by atoms with Gasteiger partial charge in [0.05, 0.1) is 23.2 Å². The highest BCUT2D eigenvalue weighted by atomic mass is 32.2. The number of carbonyl (C=O) groups excluding carboxylic acids is 1. The highest BCUT2D eigenvalue weighted by Gasteiger charge is 2.16. The molecule has 1 aromatic heterocycles. The van der Waals surface area contributed by atoms with Crippen molar-refractivity contribution in [2.75, 3.05) is 20.3 Å². The summed E-state index contributed by atoms with van der Waals surface area (Å²) in [5, 5.41) is 3.66. The predicted octanol–water partition coefficient (Wildman–Crippen LogP) is 4.81. The lowest BCUT2D eigenvalue weighted by molar-refractivity contribution is 0.0937. The number of amides is 1. The van der Waals surface area contributed by atoms with Crippen molar-refractivity contribution in [1.29, 1.82) is 0 Å². The molecule has 8 heteroatoms. The van der Waals surface area contributed by atoms with Crippen LogP contribution >= 0.6 is 11.8 Å². The third kappa shape index (κ3) is 5.78. The zero-order valence-electron chi connectivity index (χ0n) is 19.8. The summed E-state index contributed by atoms with van der Waals surface area (Å²) in [6.07, 6.45) is 0. The first-order chi connectivity index (χ1) is 16.9. The second-order valence-corrected chi connectivity index (χ2v) is 9.22. The van der Waals surface area contributed by atoms with Gasteiger partial charge in [0.25, 0.3) is 11.5 Å². The van der Waals surface area contributed by atoms with E-state index in [1.165, 1.54) is 23.9 Å². The quantitative estimate of drug-likeness (QED) is 0.218.